The van der Waals surface area contributed by atoms with Crippen LogP contribution in [0.1, 0.15) is 26.0 Å². The molecule has 0 aliphatic carbocycles. The molecule has 0 saturated heterocycles. The molecule has 0 aliphatic heterocycles. The second kappa shape index (κ2) is 7.86. The molecule has 0 radical (unpaired) electrons. The van der Waals surface area contributed by atoms with Gasteiger partial charge in [-0.15, -0.1) is 0 Å². The highest BCUT2D eigenvalue weighted by Crippen LogP contribution is 2.28. The van der Waals surface area contributed by atoms with E-state index in [4.69, 9.17) is 27.6 Å². The molecule has 23 heavy (non-hydrogen) atoms. The van der Waals surface area contributed by atoms with Crippen molar-refractivity contribution in [3.63, 3.8) is 0 Å². The molecule has 0 amide bonds. The van der Waals surface area contributed by atoms with Crippen LogP contribution >= 0.6 is 23.2 Å². The topological polar surface area (TPSA) is 62.5 Å². The molecular formula is C17H19Cl2NO3. The Morgan fingerprint density at radius 2 is 1.87 bits per heavy atom. The number of nitrogens with one attached hydrogen (secondary N) is 1. The van der Waals surface area contributed by atoms with Gasteiger partial charge < -0.3 is 9.52 Å². The van der Waals surface area contributed by atoms with Crippen LogP contribution in [0, 0.1) is 5.92 Å². The van der Waals surface area contributed by atoms with Crippen LogP contribution < -0.4 is 5.32 Å². The fraction of sp³-hybridized carbons (Fsp3) is 0.353. The lowest BCUT2D eigenvalue weighted by atomic mass is 10.0. The normalized spacial score (nSPS) is 12.6. The molecule has 124 valence electrons. The largest absolute Gasteiger partial charge is 0.480 e. The lowest BCUT2D eigenvalue weighted by molar-refractivity contribution is -0.140. The van der Waals surface area contributed by atoms with E-state index in [0.29, 0.717) is 40.4 Å². The Bertz CT molecular complexity index is 662. The maximum Gasteiger partial charge on any atom is 0.320 e. The van der Waals surface area contributed by atoms with Gasteiger partial charge in [0.25, 0.3) is 0 Å². The number of benzene rings is 1. The van der Waals surface area contributed by atoms with Crippen LogP contribution in [-0.4, -0.2) is 17.1 Å². The first-order chi connectivity index (χ1) is 10.8. The molecule has 0 saturated carbocycles. The summed E-state index contributed by atoms with van der Waals surface area (Å²) in [6.45, 7) is 4.33. The van der Waals surface area contributed by atoms with Crippen molar-refractivity contribution in [1.82, 2.24) is 5.32 Å². The third-order valence-corrected chi connectivity index (χ3v) is 3.77. The number of carboxylic acids is 1. The van der Waals surface area contributed by atoms with E-state index < -0.39 is 12.0 Å². The van der Waals surface area contributed by atoms with Crippen LogP contribution in [-0.2, 0) is 11.3 Å². The predicted molar refractivity (Wildman–Crippen MR) is 91.9 cm³/mol. The van der Waals surface area contributed by atoms with E-state index >= 15 is 0 Å². The van der Waals surface area contributed by atoms with Crippen LogP contribution in [0.25, 0.3) is 11.3 Å². The highest BCUT2D eigenvalue weighted by molar-refractivity contribution is 6.35. The molecule has 1 unspecified atom stereocenters. The number of rotatable bonds is 7. The number of halogens is 2. The summed E-state index contributed by atoms with van der Waals surface area (Å²) in [5.74, 6) is 0.740. The van der Waals surface area contributed by atoms with Gasteiger partial charge in [-0.1, -0.05) is 37.0 Å². The average molecular weight is 356 g/mol. The number of furan rings is 1. The third-order valence-electron chi connectivity index (χ3n) is 3.34. The minimum atomic E-state index is -0.855. The molecule has 1 aromatic carbocycles. The Balaban J connectivity index is 2.05. The second-order valence-corrected chi connectivity index (χ2v) is 6.70. The maximum atomic E-state index is 11.2. The van der Waals surface area contributed by atoms with Crippen molar-refractivity contribution in [3.05, 3.63) is 46.1 Å². The second-order valence-electron chi connectivity index (χ2n) is 5.83. The third kappa shape index (κ3) is 5.27. The van der Waals surface area contributed by atoms with Gasteiger partial charge >= 0.3 is 5.97 Å². The van der Waals surface area contributed by atoms with Gasteiger partial charge in [0.15, 0.2) is 0 Å². The fourth-order valence-corrected chi connectivity index (χ4v) is 2.82. The van der Waals surface area contributed by atoms with Gasteiger partial charge in [-0.05, 0) is 42.7 Å². The molecule has 4 nitrogen and oxygen atoms in total. The molecule has 2 N–H and O–H groups in total. The van der Waals surface area contributed by atoms with Gasteiger partial charge in [-0.3, -0.25) is 10.1 Å². The van der Waals surface area contributed by atoms with Gasteiger partial charge in [0.05, 0.1) is 6.54 Å². The van der Waals surface area contributed by atoms with Crippen LogP contribution in [0.5, 0.6) is 0 Å². The van der Waals surface area contributed by atoms with Gasteiger partial charge in [0, 0.05) is 15.6 Å². The standard InChI is InChI=1S/C17H19Cl2NO3/c1-10(2)5-15(17(21)22)20-9-14-3-4-16(23-14)11-6-12(18)8-13(19)7-11/h3-4,6-8,10,15,20H,5,9H2,1-2H3,(H,21,22). The van der Waals surface area contributed by atoms with Crippen molar-refractivity contribution in [2.45, 2.75) is 32.9 Å². The Kier molecular flexibility index (Phi) is 6.10. The Hall–Kier alpha value is -1.49. The first kappa shape index (κ1) is 17.9. The summed E-state index contributed by atoms with van der Waals surface area (Å²) in [5.41, 5.74) is 0.783. The monoisotopic (exact) mass is 355 g/mol. The van der Waals surface area contributed by atoms with Crippen molar-refractivity contribution < 1.29 is 14.3 Å². The minimum absolute atomic E-state index is 0.296. The highest BCUT2D eigenvalue weighted by Gasteiger charge is 2.18. The number of carboxylic acid groups (broad SMARTS) is 1. The predicted octanol–water partition coefficient (Wildman–Crippen LogP) is 4.84. The SMILES string of the molecule is CC(C)CC(NCc1ccc(-c2cc(Cl)cc(Cl)c2)o1)C(=O)O. The summed E-state index contributed by atoms with van der Waals surface area (Å²) < 4.78 is 5.74. The molecule has 1 atom stereocenters. The quantitative estimate of drug-likeness (QED) is 0.745. The number of carbonyl (C=O) groups is 1. The lowest BCUT2D eigenvalue weighted by Gasteiger charge is -2.15. The van der Waals surface area contributed by atoms with Crippen LogP contribution in [0.4, 0.5) is 0 Å². The molecule has 0 fully saturated rings. The van der Waals surface area contributed by atoms with Gasteiger partial charge in [0.2, 0.25) is 0 Å². The van der Waals surface area contributed by atoms with E-state index in [-0.39, 0.29) is 0 Å². The first-order valence-electron chi connectivity index (χ1n) is 7.36. The van der Waals surface area contributed by atoms with Crippen molar-refractivity contribution in [2.75, 3.05) is 0 Å². The number of hydrogen-bond donors (Lipinski definition) is 2. The van der Waals surface area contributed by atoms with Crippen LogP contribution in [0.3, 0.4) is 0 Å². The smallest absolute Gasteiger partial charge is 0.320 e. The zero-order valence-electron chi connectivity index (χ0n) is 13.0. The zero-order valence-corrected chi connectivity index (χ0v) is 14.5. The van der Waals surface area contributed by atoms with Crippen molar-refractivity contribution in [1.29, 1.82) is 0 Å². The molecule has 1 heterocycles. The maximum absolute atomic E-state index is 11.2. The molecule has 0 spiro atoms. The van der Waals surface area contributed by atoms with Gasteiger partial charge in [-0.25, -0.2) is 0 Å². The number of aliphatic carboxylic acids is 1. The van der Waals surface area contributed by atoms with Crippen molar-refractivity contribution in [2.24, 2.45) is 5.92 Å². The summed E-state index contributed by atoms with van der Waals surface area (Å²) in [7, 11) is 0. The van der Waals surface area contributed by atoms with E-state index in [1.807, 2.05) is 26.0 Å². The molecule has 2 aromatic rings. The first-order valence-corrected chi connectivity index (χ1v) is 8.12. The highest BCUT2D eigenvalue weighted by atomic mass is 35.5. The van der Waals surface area contributed by atoms with E-state index in [1.165, 1.54) is 0 Å². The molecule has 0 aliphatic rings. The summed E-state index contributed by atoms with van der Waals surface area (Å²) in [6, 6.07) is 8.22. The zero-order chi connectivity index (χ0) is 17.0. The van der Waals surface area contributed by atoms with Crippen molar-refractivity contribution >= 4 is 29.2 Å². The van der Waals surface area contributed by atoms with Gasteiger partial charge in [-0.2, -0.15) is 0 Å². The van der Waals surface area contributed by atoms with Crippen LogP contribution in [0.2, 0.25) is 10.0 Å². The van der Waals surface area contributed by atoms with E-state index in [1.54, 1.807) is 18.2 Å². The molecule has 0 bridgehead atoms. The molecule has 1 aromatic heterocycles. The van der Waals surface area contributed by atoms with E-state index in [2.05, 4.69) is 5.32 Å². The molecule has 2 rings (SSSR count). The van der Waals surface area contributed by atoms with E-state index in [9.17, 15) is 9.90 Å². The molecular weight excluding hydrogens is 337 g/mol. The van der Waals surface area contributed by atoms with Crippen molar-refractivity contribution in [3.8, 4) is 11.3 Å². The lowest BCUT2D eigenvalue weighted by Crippen LogP contribution is -2.37. The minimum Gasteiger partial charge on any atom is -0.480 e. The van der Waals surface area contributed by atoms with E-state index in [0.717, 1.165) is 5.56 Å². The number of hydrogen-bond acceptors (Lipinski definition) is 3. The Morgan fingerprint density at radius 3 is 2.43 bits per heavy atom. The molecule has 6 heteroatoms. The van der Waals surface area contributed by atoms with Crippen LogP contribution in [0.15, 0.2) is 34.7 Å². The summed E-state index contributed by atoms with van der Waals surface area (Å²) in [5, 5.41) is 13.3. The summed E-state index contributed by atoms with van der Waals surface area (Å²) in [4.78, 5) is 11.2. The average Bonchev–Trinajstić information content (AvgIpc) is 2.90. The Labute approximate surface area is 145 Å². The van der Waals surface area contributed by atoms with Gasteiger partial charge in [0.1, 0.15) is 17.6 Å². The Morgan fingerprint density at radius 1 is 1.22 bits per heavy atom. The summed E-state index contributed by atoms with van der Waals surface area (Å²) >= 11 is 12.0. The fourth-order valence-electron chi connectivity index (χ4n) is 2.29. The summed E-state index contributed by atoms with van der Waals surface area (Å²) in [6.07, 6.45) is 0.562.